The molecule has 1 saturated carbocycles. The zero-order chi connectivity index (χ0) is 13.3. The highest BCUT2D eigenvalue weighted by Gasteiger charge is 2.37. The summed E-state index contributed by atoms with van der Waals surface area (Å²) < 4.78 is 0. The first-order valence-electron chi connectivity index (χ1n) is 7.03. The second kappa shape index (κ2) is 4.87. The number of aryl methyl sites for hydroxylation is 2. The van der Waals surface area contributed by atoms with Gasteiger partial charge < -0.3 is 0 Å². The van der Waals surface area contributed by atoms with Gasteiger partial charge >= 0.3 is 0 Å². The van der Waals surface area contributed by atoms with Gasteiger partial charge in [0, 0.05) is 11.5 Å². The summed E-state index contributed by atoms with van der Waals surface area (Å²) in [5, 5.41) is 0. The second-order valence-corrected chi connectivity index (χ2v) is 6.53. The van der Waals surface area contributed by atoms with Gasteiger partial charge in [-0.25, -0.2) is 0 Å². The lowest BCUT2D eigenvalue weighted by Crippen LogP contribution is -2.34. The van der Waals surface area contributed by atoms with E-state index in [1.807, 2.05) is 12.1 Å². The maximum absolute atomic E-state index is 12.7. The smallest absolute Gasteiger partial charge is 0.166 e. The van der Waals surface area contributed by atoms with Crippen LogP contribution in [0.15, 0.2) is 18.2 Å². The van der Waals surface area contributed by atoms with Gasteiger partial charge in [0.1, 0.15) is 0 Å². The Labute approximate surface area is 111 Å². The van der Waals surface area contributed by atoms with Crippen molar-refractivity contribution < 1.29 is 4.79 Å². The molecule has 0 aliphatic heterocycles. The number of carbonyl (C=O) groups is 1. The molecule has 1 atom stereocenters. The van der Waals surface area contributed by atoms with Crippen LogP contribution < -0.4 is 0 Å². The molecule has 1 heteroatoms. The van der Waals surface area contributed by atoms with Gasteiger partial charge in [-0.15, -0.1) is 0 Å². The predicted molar refractivity (Wildman–Crippen MR) is 76.0 cm³/mol. The van der Waals surface area contributed by atoms with Gasteiger partial charge in [-0.05, 0) is 44.2 Å². The Morgan fingerprint density at radius 2 is 1.72 bits per heavy atom. The predicted octanol–water partition coefficient (Wildman–Crippen LogP) is 4.70. The first-order valence-corrected chi connectivity index (χ1v) is 7.03. The normalized spacial score (nSPS) is 22.8. The molecule has 0 aromatic heterocycles. The van der Waals surface area contributed by atoms with Crippen molar-refractivity contribution in [2.24, 2.45) is 11.3 Å². The first kappa shape index (κ1) is 13.3. The molecule has 18 heavy (non-hydrogen) atoms. The SMILES string of the molecule is Cc1cc(C)cc(C(=O)C2CCCCC2(C)C)c1. The third-order valence-electron chi connectivity index (χ3n) is 4.33. The van der Waals surface area contributed by atoms with Crippen molar-refractivity contribution in [3.05, 3.63) is 34.9 Å². The fraction of sp³-hybridized carbons (Fsp3) is 0.588. The number of benzene rings is 1. The first-order chi connectivity index (χ1) is 8.40. The van der Waals surface area contributed by atoms with E-state index in [0.29, 0.717) is 5.78 Å². The third kappa shape index (κ3) is 2.66. The number of hydrogen-bond donors (Lipinski definition) is 0. The number of ketones is 1. The Kier molecular flexibility index (Phi) is 3.61. The van der Waals surface area contributed by atoms with E-state index >= 15 is 0 Å². The Hall–Kier alpha value is -1.11. The lowest BCUT2D eigenvalue weighted by Gasteiger charge is -2.37. The lowest BCUT2D eigenvalue weighted by molar-refractivity contribution is 0.0697. The highest BCUT2D eigenvalue weighted by Crippen LogP contribution is 2.42. The molecule has 1 aliphatic carbocycles. The molecule has 0 heterocycles. The van der Waals surface area contributed by atoms with Crippen LogP contribution in [0, 0.1) is 25.2 Å². The molecule has 0 radical (unpaired) electrons. The van der Waals surface area contributed by atoms with Crippen molar-refractivity contribution in [3.63, 3.8) is 0 Å². The minimum atomic E-state index is 0.160. The Morgan fingerprint density at radius 1 is 1.11 bits per heavy atom. The zero-order valence-corrected chi connectivity index (χ0v) is 12.0. The average molecular weight is 244 g/mol. The van der Waals surface area contributed by atoms with E-state index < -0.39 is 0 Å². The van der Waals surface area contributed by atoms with E-state index in [2.05, 4.69) is 33.8 Å². The van der Waals surface area contributed by atoms with Gasteiger partial charge in [0.2, 0.25) is 0 Å². The molecule has 2 rings (SSSR count). The molecule has 98 valence electrons. The lowest BCUT2D eigenvalue weighted by atomic mass is 9.66. The highest BCUT2D eigenvalue weighted by molar-refractivity contribution is 5.98. The van der Waals surface area contributed by atoms with Gasteiger partial charge in [0.25, 0.3) is 0 Å². The molecule has 1 aromatic carbocycles. The van der Waals surface area contributed by atoms with E-state index in [1.165, 1.54) is 30.4 Å². The maximum atomic E-state index is 12.7. The van der Waals surface area contributed by atoms with E-state index in [9.17, 15) is 4.79 Å². The molecule has 1 nitrogen and oxygen atoms in total. The number of carbonyl (C=O) groups excluding carboxylic acids is 1. The standard InChI is InChI=1S/C17H24O/c1-12-9-13(2)11-14(10-12)16(18)15-7-5-6-8-17(15,3)4/h9-11,15H,5-8H2,1-4H3. The molecule has 1 fully saturated rings. The van der Waals surface area contributed by atoms with Crippen molar-refractivity contribution in [2.75, 3.05) is 0 Å². The van der Waals surface area contributed by atoms with Crippen LogP contribution in [0.4, 0.5) is 0 Å². The molecule has 1 aliphatic rings. The summed E-state index contributed by atoms with van der Waals surface area (Å²) in [6, 6.07) is 6.21. The van der Waals surface area contributed by atoms with E-state index in [1.54, 1.807) is 0 Å². The van der Waals surface area contributed by atoms with E-state index in [0.717, 1.165) is 12.0 Å². The van der Waals surface area contributed by atoms with Gasteiger partial charge in [0.05, 0.1) is 0 Å². The summed E-state index contributed by atoms with van der Waals surface area (Å²) in [6.07, 6.45) is 4.70. The molecule has 0 amide bonds. The topological polar surface area (TPSA) is 17.1 Å². The van der Waals surface area contributed by atoms with Crippen molar-refractivity contribution in [2.45, 2.75) is 53.4 Å². The Morgan fingerprint density at radius 3 is 2.28 bits per heavy atom. The largest absolute Gasteiger partial charge is 0.294 e. The molecule has 0 saturated heterocycles. The van der Waals surface area contributed by atoms with Crippen molar-refractivity contribution in [3.8, 4) is 0 Å². The van der Waals surface area contributed by atoms with Crippen molar-refractivity contribution in [1.82, 2.24) is 0 Å². The van der Waals surface area contributed by atoms with Crippen molar-refractivity contribution in [1.29, 1.82) is 0 Å². The van der Waals surface area contributed by atoms with Crippen LogP contribution in [0.3, 0.4) is 0 Å². The average Bonchev–Trinajstić information content (AvgIpc) is 2.26. The molecule has 0 N–H and O–H groups in total. The molecular formula is C17H24O. The van der Waals surface area contributed by atoms with Gasteiger partial charge in [-0.1, -0.05) is 43.9 Å². The van der Waals surface area contributed by atoms with E-state index in [4.69, 9.17) is 0 Å². The van der Waals surface area contributed by atoms with Crippen molar-refractivity contribution >= 4 is 5.78 Å². The van der Waals surface area contributed by atoms with Crippen LogP contribution in [0.25, 0.3) is 0 Å². The van der Waals surface area contributed by atoms with Crippen LogP contribution in [-0.4, -0.2) is 5.78 Å². The number of Topliss-reactive ketones (excluding diaryl/α,β-unsaturated/α-hetero) is 1. The minimum absolute atomic E-state index is 0.160. The number of rotatable bonds is 2. The summed E-state index contributed by atoms with van der Waals surface area (Å²) >= 11 is 0. The summed E-state index contributed by atoms with van der Waals surface area (Å²) in [5.74, 6) is 0.555. The van der Waals surface area contributed by atoms with Gasteiger partial charge in [0.15, 0.2) is 5.78 Å². The van der Waals surface area contributed by atoms with Crippen LogP contribution >= 0.6 is 0 Å². The van der Waals surface area contributed by atoms with Crippen LogP contribution in [0.1, 0.15) is 61.0 Å². The van der Waals surface area contributed by atoms with Gasteiger partial charge in [-0.2, -0.15) is 0 Å². The molecule has 0 bridgehead atoms. The van der Waals surface area contributed by atoms with Crippen LogP contribution in [-0.2, 0) is 0 Å². The van der Waals surface area contributed by atoms with E-state index in [-0.39, 0.29) is 11.3 Å². The fourth-order valence-electron chi connectivity index (χ4n) is 3.30. The molecular weight excluding hydrogens is 220 g/mol. The quantitative estimate of drug-likeness (QED) is 0.689. The molecule has 1 aromatic rings. The summed E-state index contributed by atoms with van der Waals surface area (Å²) in [7, 11) is 0. The Bertz CT molecular complexity index is 436. The monoisotopic (exact) mass is 244 g/mol. The molecule has 0 spiro atoms. The fourth-order valence-corrected chi connectivity index (χ4v) is 3.30. The number of hydrogen-bond acceptors (Lipinski definition) is 1. The minimum Gasteiger partial charge on any atom is -0.294 e. The third-order valence-corrected chi connectivity index (χ3v) is 4.33. The second-order valence-electron chi connectivity index (χ2n) is 6.53. The van der Waals surface area contributed by atoms with Crippen LogP contribution in [0.5, 0.6) is 0 Å². The summed E-state index contributed by atoms with van der Waals surface area (Å²) in [4.78, 5) is 12.7. The van der Waals surface area contributed by atoms with Gasteiger partial charge in [-0.3, -0.25) is 4.79 Å². The zero-order valence-electron chi connectivity index (χ0n) is 12.0. The summed E-state index contributed by atoms with van der Waals surface area (Å²) in [5.41, 5.74) is 3.44. The van der Waals surface area contributed by atoms with Crippen LogP contribution in [0.2, 0.25) is 0 Å². The highest BCUT2D eigenvalue weighted by atomic mass is 16.1. The Balaban J connectivity index is 2.30. The summed E-state index contributed by atoms with van der Waals surface area (Å²) in [6.45, 7) is 8.63. The maximum Gasteiger partial charge on any atom is 0.166 e. The molecule has 1 unspecified atom stereocenters.